The van der Waals surface area contributed by atoms with Gasteiger partial charge in [0.2, 0.25) is 0 Å². The van der Waals surface area contributed by atoms with Crippen molar-refractivity contribution in [3.8, 4) is 5.75 Å². The zero-order chi connectivity index (χ0) is 22.3. The van der Waals surface area contributed by atoms with Gasteiger partial charge in [-0.15, -0.1) is 0 Å². The molecule has 30 heavy (non-hydrogen) atoms. The third-order valence-electron chi connectivity index (χ3n) is 4.27. The van der Waals surface area contributed by atoms with E-state index in [0.717, 1.165) is 5.56 Å². The molecule has 0 aliphatic rings. The summed E-state index contributed by atoms with van der Waals surface area (Å²) in [6.07, 6.45) is 0.449. The average Bonchev–Trinajstić information content (AvgIpc) is 3.07. The quantitative estimate of drug-likeness (QED) is 0.546. The van der Waals surface area contributed by atoms with E-state index in [9.17, 15) is 18.0 Å². The summed E-state index contributed by atoms with van der Waals surface area (Å²) in [6, 6.07) is 6.93. The number of carbonyl (C=O) groups excluding carboxylic acids is 2. The fourth-order valence-electron chi connectivity index (χ4n) is 2.88. The molecule has 11 heteroatoms. The minimum absolute atomic E-state index is 0.0124. The lowest BCUT2D eigenvalue weighted by Gasteiger charge is -2.09. The Hall–Kier alpha value is -2.92. The van der Waals surface area contributed by atoms with Crippen molar-refractivity contribution in [2.75, 3.05) is 20.8 Å². The molecule has 0 bridgehead atoms. The van der Waals surface area contributed by atoms with Crippen LogP contribution in [0.1, 0.15) is 41.4 Å². The van der Waals surface area contributed by atoms with Crippen LogP contribution in [-0.4, -0.2) is 51.0 Å². The van der Waals surface area contributed by atoms with E-state index in [2.05, 4.69) is 9.84 Å². The standard InChI is InChI=1S/C19H25N3O7S/c1-4-29-19(24)17-15(12-13-7-9-14(27-2)10-8-13)18(30(20,25)26)21-22(17)11-5-6-16(23)28-3/h7-10H,4-6,11-12H2,1-3H3,(H2,20,25,26). The molecule has 0 spiro atoms. The van der Waals surface area contributed by atoms with Gasteiger partial charge in [0.1, 0.15) is 5.75 Å². The predicted octanol–water partition coefficient (Wildman–Crippen LogP) is 1.26. The largest absolute Gasteiger partial charge is 0.497 e. The summed E-state index contributed by atoms with van der Waals surface area (Å²) in [5, 5.41) is 9.02. The molecule has 2 N–H and O–H groups in total. The van der Waals surface area contributed by atoms with E-state index in [4.69, 9.17) is 14.6 Å². The number of methoxy groups -OCH3 is 2. The van der Waals surface area contributed by atoms with Crippen LogP contribution >= 0.6 is 0 Å². The normalized spacial score (nSPS) is 11.2. The van der Waals surface area contributed by atoms with Crippen LogP contribution in [0.3, 0.4) is 0 Å². The third kappa shape index (κ3) is 5.80. The second-order valence-electron chi connectivity index (χ2n) is 6.33. The minimum atomic E-state index is -4.22. The molecular formula is C19H25N3O7S. The first-order chi connectivity index (χ1) is 14.2. The average molecular weight is 439 g/mol. The smallest absolute Gasteiger partial charge is 0.356 e. The molecule has 0 unspecified atom stereocenters. The van der Waals surface area contributed by atoms with Crippen molar-refractivity contribution in [1.29, 1.82) is 0 Å². The highest BCUT2D eigenvalue weighted by molar-refractivity contribution is 7.89. The van der Waals surface area contributed by atoms with Gasteiger partial charge in [-0.2, -0.15) is 5.10 Å². The van der Waals surface area contributed by atoms with Crippen LogP contribution < -0.4 is 9.88 Å². The Labute approximate surface area is 175 Å². The summed E-state index contributed by atoms with van der Waals surface area (Å²) >= 11 is 0. The lowest BCUT2D eigenvalue weighted by molar-refractivity contribution is -0.140. The first kappa shape index (κ1) is 23.4. The van der Waals surface area contributed by atoms with Crippen LogP contribution in [-0.2, 0) is 37.3 Å². The molecular weight excluding hydrogens is 414 g/mol. The number of benzene rings is 1. The van der Waals surface area contributed by atoms with Crippen molar-refractivity contribution < 1.29 is 32.2 Å². The fraction of sp³-hybridized carbons (Fsp3) is 0.421. The summed E-state index contributed by atoms with van der Waals surface area (Å²) in [5.74, 6) is -0.513. The van der Waals surface area contributed by atoms with E-state index in [-0.39, 0.29) is 43.7 Å². The Kier molecular flexibility index (Phi) is 7.95. The van der Waals surface area contributed by atoms with Crippen LogP contribution in [0.2, 0.25) is 0 Å². The van der Waals surface area contributed by atoms with Gasteiger partial charge in [0.15, 0.2) is 10.7 Å². The first-order valence-corrected chi connectivity index (χ1v) is 10.7. The molecule has 0 radical (unpaired) electrons. The highest BCUT2D eigenvalue weighted by Crippen LogP contribution is 2.24. The SMILES string of the molecule is CCOC(=O)c1c(Cc2ccc(OC)cc2)c(S(N)(=O)=O)nn1CCCC(=O)OC. The summed E-state index contributed by atoms with van der Waals surface area (Å²) < 4.78 is 40.4. The van der Waals surface area contributed by atoms with E-state index in [0.29, 0.717) is 5.75 Å². The molecule has 10 nitrogen and oxygen atoms in total. The highest BCUT2D eigenvalue weighted by atomic mass is 32.2. The number of aryl methyl sites for hydroxylation is 1. The molecule has 164 valence electrons. The summed E-state index contributed by atoms with van der Waals surface area (Å²) in [6.45, 7) is 1.84. The fourth-order valence-corrected chi connectivity index (χ4v) is 3.60. The van der Waals surface area contributed by atoms with Crippen LogP contribution in [0.5, 0.6) is 5.75 Å². The number of esters is 2. The van der Waals surface area contributed by atoms with Gasteiger partial charge in [0.05, 0.1) is 20.8 Å². The summed E-state index contributed by atoms with van der Waals surface area (Å²) in [7, 11) is -1.42. The second-order valence-corrected chi connectivity index (χ2v) is 7.80. The number of hydrogen-bond acceptors (Lipinski definition) is 8. The number of aromatic nitrogens is 2. The van der Waals surface area contributed by atoms with E-state index in [1.165, 1.54) is 18.9 Å². The minimum Gasteiger partial charge on any atom is -0.497 e. The van der Waals surface area contributed by atoms with Crippen molar-refractivity contribution >= 4 is 22.0 Å². The number of sulfonamides is 1. The van der Waals surface area contributed by atoms with E-state index in [1.54, 1.807) is 31.2 Å². The molecule has 0 aliphatic carbocycles. The first-order valence-electron chi connectivity index (χ1n) is 9.20. The molecule has 0 aliphatic heterocycles. The zero-order valence-electron chi connectivity index (χ0n) is 17.1. The zero-order valence-corrected chi connectivity index (χ0v) is 17.9. The van der Waals surface area contributed by atoms with E-state index in [1.807, 2.05) is 0 Å². The van der Waals surface area contributed by atoms with Gasteiger partial charge >= 0.3 is 11.9 Å². The Morgan fingerprint density at radius 2 is 1.83 bits per heavy atom. The molecule has 2 aromatic rings. The van der Waals surface area contributed by atoms with Gasteiger partial charge in [-0.3, -0.25) is 9.48 Å². The number of primary sulfonamides is 1. The predicted molar refractivity (Wildman–Crippen MR) is 107 cm³/mol. The summed E-state index contributed by atoms with van der Waals surface area (Å²) in [4.78, 5) is 24.0. The topological polar surface area (TPSA) is 140 Å². The van der Waals surface area contributed by atoms with Crippen molar-refractivity contribution in [1.82, 2.24) is 9.78 Å². The Morgan fingerprint density at radius 3 is 2.37 bits per heavy atom. The molecule has 2 rings (SSSR count). The molecule has 1 heterocycles. The van der Waals surface area contributed by atoms with Gasteiger partial charge in [-0.05, 0) is 31.0 Å². The monoisotopic (exact) mass is 439 g/mol. The van der Waals surface area contributed by atoms with Crippen molar-refractivity contribution in [3.05, 3.63) is 41.1 Å². The second kappa shape index (κ2) is 10.2. The number of nitrogens with zero attached hydrogens (tertiary/aromatic N) is 2. The maximum absolute atomic E-state index is 12.6. The maximum Gasteiger partial charge on any atom is 0.356 e. The van der Waals surface area contributed by atoms with Crippen LogP contribution in [0.4, 0.5) is 0 Å². The van der Waals surface area contributed by atoms with Gasteiger partial charge in [-0.25, -0.2) is 18.4 Å². The summed E-state index contributed by atoms with van der Waals surface area (Å²) in [5.41, 5.74) is 0.848. The molecule has 0 fully saturated rings. The third-order valence-corrected chi connectivity index (χ3v) is 5.14. The van der Waals surface area contributed by atoms with Crippen molar-refractivity contribution in [2.45, 2.75) is 37.8 Å². The van der Waals surface area contributed by atoms with Crippen LogP contribution in [0.25, 0.3) is 0 Å². The number of rotatable bonds is 10. The number of ether oxygens (including phenoxy) is 3. The maximum atomic E-state index is 12.6. The Bertz CT molecular complexity index is 998. The number of nitrogens with two attached hydrogens (primary N) is 1. The molecule has 1 aromatic carbocycles. The van der Waals surface area contributed by atoms with Gasteiger partial charge in [0, 0.05) is 24.9 Å². The lowest BCUT2D eigenvalue weighted by Crippen LogP contribution is -2.16. The van der Waals surface area contributed by atoms with Crippen LogP contribution in [0, 0.1) is 0 Å². The van der Waals surface area contributed by atoms with Crippen molar-refractivity contribution in [3.63, 3.8) is 0 Å². The van der Waals surface area contributed by atoms with E-state index < -0.39 is 27.0 Å². The van der Waals surface area contributed by atoms with E-state index >= 15 is 0 Å². The van der Waals surface area contributed by atoms with Crippen molar-refractivity contribution in [2.24, 2.45) is 5.14 Å². The highest BCUT2D eigenvalue weighted by Gasteiger charge is 2.29. The van der Waals surface area contributed by atoms with Gasteiger partial charge in [-0.1, -0.05) is 12.1 Å². The molecule has 0 saturated heterocycles. The molecule has 1 aromatic heterocycles. The number of hydrogen-bond donors (Lipinski definition) is 1. The Morgan fingerprint density at radius 1 is 1.17 bits per heavy atom. The molecule has 0 atom stereocenters. The Balaban J connectivity index is 2.51. The number of carbonyl (C=O) groups is 2. The molecule has 0 amide bonds. The van der Waals surface area contributed by atoms with Gasteiger partial charge < -0.3 is 14.2 Å². The molecule has 0 saturated carbocycles. The van der Waals surface area contributed by atoms with Gasteiger partial charge in [0.25, 0.3) is 10.0 Å². The van der Waals surface area contributed by atoms with Crippen LogP contribution in [0.15, 0.2) is 29.3 Å². The lowest BCUT2D eigenvalue weighted by atomic mass is 10.1.